The molecule has 3 unspecified atom stereocenters. The van der Waals surface area contributed by atoms with Crippen LogP contribution in [0.1, 0.15) is 52.4 Å². The largest absolute Gasteiger partial charge is 0.391 e. The van der Waals surface area contributed by atoms with E-state index in [1.807, 2.05) is 0 Å². The van der Waals surface area contributed by atoms with Crippen molar-refractivity contribution < 1.29 is 5.11 Å². The fraction of sp³-hybridized carbons (Fsp3) is 1.00. The van der Waals surface area contributed by atoms with Crippen LogP contribution in [0.4, 0.5) is 0 Å². The number of aliphatic hydroxyl groups excluding tert-OH is 1. The van der Waals surface area contributed by atoms with Gasteiger partial charge >= 0.3 is 0 Å². The molecule has 0 radical (unpaired) electrons. The maximum atomic E-state index is 10.1. The van der Waals surface area contributed by atoms with E-state index >= 15 is 0 Å². The molecule has 3 atom stereocenters. The maximum Gasteiger partial charge on any atom is 0.0695 e. The van der Waals surface area contributed by atoms with Gasteiger partial charge in [0.2, 0.25) is 0 Å². The maximum absolute atomic E-state index is 10.1. The van der Waals surface area contributed by atoms with Crippen LogP contribution in [0, 0.1) is 0 Å². The number of hydrogen-bond acceptors (Lipinski definition) is 3. The summed E-state index contributed by atoms with van der Waals surface area (Å²) >= 11 is 0. The smallest absolute Gasteiger partial charge is 0.0695 e. The average molecular weight is 254 g/mol. The van der Waals surface area contributed by atoms with Crippen LogP contribution < -0.4 is 0 Å². The van der Waals surface area contributed by atoms with Gasteiger partial charge in [0.05, 0.1) is 6.10 Å². The Kier molecular flexibility index (Phi) is 5.46. The predicted octanol–water partition coefficient (Wildman–Crippen LogP) is 2.10. The minimum atomic E-state index is -0.0710. The first-order valence-electron chi connectivity index (χ1n) is 7.88. The van der Waals surface area contributed by atoms with Crippen molar-refractivity contribution in [1.29, 1.82) is 0 Å². The van der Waals surface area contributed by atoms with Crippen LogP contribution in [-0.4, -0.2) is 59.3 Å². The highest BCUT2D eigenvalue weighted by molar-refractivity contribution is 4.87. The Morgan fingerprint density at radius 3 is 2.39 bits per heavy atom. The Hall–Kier alpha value is -0.120. The lowest BCUT2D eigenvalue weighted by Crippen LogP contribution is -2.55. The summed E-state index contributed by atoms with van der Waals surface area (Å²) in [6.07, 6.45) is 7.25. The van der Waals surface area contributed by atoms with Crippen molar-refractivity contribution in [3.05, 3.63) is 0 Å². The number of hydrogen-bond donors (Lipinski definition) is 1. The summed E-state index contributed by atoms with van der Waals surface area (Å²) in [4.78, 5) is 5.16. The molecule has 0 aromatic rings. The fourth-order valence-corrected chi connectivity index (χ4v) is 3.63. The molecular weight excluding hydrogens is 224 g/mol. The first kappa shape index (κ1) is 14.3. The Labute approximate surface area is 112 Å². The molecule has 106 valence electrons. The SMILES string of the molecule is CCCC(C)N1CCN(C2CCCCC2O)CC1. The molecule has 2 rings (SSSR count). The first-order chi connectivity index (χ1) is 8.72. The third-order valence-electron chi connectivity index (χ3n) is 4.84. The van der Waals surface area contributed by atoms with Crippen molar-refractivity contribution in [3.63, 3.8) is 0 Å². The second-order valence-corrected chi connectivity index (χ2v) is 6.13. The van der Waals surface area contributed by atoms with E-state index in [9.17, 15) is 5.11 Å². The highest BCUT2D eigenvalue weighted by Gasteiger charge is 2.31. The van der Waals surface area contributed by atoms with E-state index in [2.05, 4.69) is 23.6 Å². The van der Waals surface area contributed by atoms with Crippen molar-refractivity contribution in [1.82, 2.24) is 9.80 Å². The zero-order valence-electron chi connectivity index (χ0n) is 12.1. The molecule has 3 heteroatoms. The van der Waals surface area contributed by atoms with Gasteiger partial charge in [-0.2, -0.15) is 0 Å². The molecule has 2 aliphatic rings. The normalized spacial score (nSPS) is 33.5. The van der Waals surface area contributed by atoms with Crippen LogP contribution in [0.15, 0.2) is 0 Å². The van der Waals surface area contributed by atoms with E-state index in [1.54, 1.807) is 0 Å². The summed E-state index contributed by atoms with van der Waals surface area (Å²) in [5, 5.41) is 10.1. The zero-order valence-corrected chi connectivity index (χ0v) is 12.1. The average Bonchev–Trinajstić information content (AvgIpc) is 2.40. The quantitative estimate of drug-likeness (QED) is 0.832. The summed E-state index contributed by atoms with van der Waals surface area (Å²) in [5.74, 6) is 0. The lowest BCUT2D eigenvalue weighted by Gasteiger charge is -2.44. The summed E-state index contributed by atoms with van der Waals surface area (Å²) < 4.78 is 0. The highest BCUT2D eigenvalue weighted by atomic mass is 16.3. The van der Waals surface area contributed by atoms with Gasteiger partial charge in [-0.3, -0.25) is 9.80 Å². The molecule has 0 spiro atoms. The Balaban J connectivity index is 1.78. The van der Waals surface area contributed by atoms with Gasteiger partial charge in [-0.15, -0.1) is 0 Å². The van der Waals surface area contributed by atoms with E-state index in [0.717, 1.165) is 25.6 Å². The van der Waals surface area contributed by atoms with Gasteiger partial charge in [0.25, 0.3) is 0 Å². The van der Waals surface area contributed by atoms with Gasteiger partial charge < -0.3 is 5.11 Å². The lowest BCUT2D eigenvalue weighted by atomic mass is 9.91. The first-order valence-corrected chi connectivity index (χ1v) is 7.88. The molecule has 0 amide bonds. The Morgan fingerprint density at radius 2 is 1.78 bits per heavy atom. The number of rotatable bonds is 4. The number of nitrogens with zero attached hydrogens (tertiary/aromatic N) is 2. The molecule has 2 fully saturated rings. The molecule has 1 saturated carbocycles. The van der Waals surface area contributed by atoms with E-state index < -0.39 is 0 Å². The molecule has 1 heterocycles. The third kappa shape index (κ3) is 3.46. The molecule has 0 bridgehead atoms. The van der Waals surface area contributed by atoms with Crippen LogP contribution in [0.5, 0.6) is 0 Å². The van der Waals surface area contributed by atoms with Crippen LogP contribution >= 0.6 is 0 Å². The molecule has 3 nitrogen and oxygen atoms in total. The summed E-state index contributed by atoms with van der Waals surface area (Å²) in [6, 6.07) is 1.18. The predicted molar refractivity (Wildman–Crippen MR) is 75.8 cm³/mol. The van der Waals surface area contributed by atoms with Gasteiger partial charge in [0.1, 0.15) is 0 Å². The molecule has 1 aliphatic carbocycles. The van der Waals surface area contributed by atoms with Crippen LogP contribution in [0.25, 0.3) is 0 Å². The Morgan fingerprint density at radius 1 is 1.11 bits per heavy atom. The van der Waals surface area contributed by atoms with Crippen LogP contribution in [-0.2, 0) is 0 Å². The van der Waals surface area contributed by atoms with E-state index in [1.165, 1.54) is 45.2 Å². The van der Waals surface area contributed by atoms with Gasteiger partial charge in [-0.05, 0) is 26.2 Å². The van der Waals surface area contributed by atoms with E-state index in [4.69, 9.17) is 0 Å². The topological polar surface area (TPSA) is 26.7 Å². The zero-order chi connectivity index (χ0) is 13.0. The number of aliphatic hydroxyl groups is 1. The second-order valence-electron chi connectivity index (χ2n) is 6.13. The summed E-state index contributed by atoms with van der Waals surface area (Å²) in [6.45, 7) is 9.29. The molecule has 1 aliphatic heterocycles. The monoisotopic (exact) mass is 254 g/mol. The van der Waals surface area contributed by atoms with Crippen LogP contribution in [0.2, 0.25) is 0 Å². The standard InChI is InChI=1S/C15H30N2O/c1-3-6-13(2)16-9-11-17(12-10-16)14-7-4-5-8-15(14)18/h13-15,18H,3-12H2,1-2H3. The molecular formula is C15H30N2O. The van der Waals surface area contributed by atoms with Crippen LogP contribution in [0.3, 0.4) is 0 Å². The van der Waals surface area contributed by atoms with Gasteiger partial charge in [-0.1, -0.05) is 26.2 Å². The van der Waals surface area contributed by atoms with Crippen molar-refractivity contribution in [2.75, 3.05) is 26.2 Å². The van der Waals surface area contributed by atoms with Crippen molar-refractivity contribution in [2.45, 2.75) is 70.6 Å². The van der Waals surface area contributed by atoms with Crippen molar-refractivity contribution >= 4 is 0 Å². The molecule has 1 N–H and O–H groups in total. The van der Waals surface area contributed by atoms with E-state index in [-0.39, 0.29) is 6.10 Å². The fourth-order valence-electron chi connectivity index (χ4n) is 3.63. The third-order valence-corrected chi connectivity index (χ3v) is 4.84. The van der Waals surface area contributed by atoms with E-state index in [0.29, 0.717) is 6.04 Å². The van der Waals surface area contributed by atoms with Crippen molar-refractivity contribution in [3.8, 4) is 0 Å². The summed E-state index contributed by atoms with van der Waals surface area (Å²) in [7, 11) is 0. The highest BCUT2D eigenvalue weighted by Crippen LogP contribution is 2.24. The lowest BCUT2D eigenvalue weighted by molar-refractivity contribution is -0.00991. The van der Waals surface area contributed by atoms with Gasteiger partial charge in [-0.25, -0.2) is 0 Å². The van der Waals surface area contributed by atoms with Crippen molar-refractivity contribution in [2.24, 2.45) is 0 Å². The molecule has 0 aromatic carbocycles. The molecule has 0 aromatic heterocycles. The van der Waals surface area contributed by atoms with Gasteiger partial charge in [0.15, 0.2) is 0 Å². The Bertz CT molecular complexity index is 239. The summed E-state index contributed by atoms with van der Waals surface area (Å²) in [5.41, 5.74) is 0. The van der Waals surface area contributed by atoms with Gasteiger partial charge in [0, 0.05) is 38.3 Å². The molecule has 18 heavy (non-hydrogen) atoms. The molecule has 1 saturated heterocycles. The minimum absolute atomic E-state index is 0.0710. The second kappa shape index (κ2) is 6.88. The number of piperazine rings is 1. The minimum Gasteiger partial charge on any atom is -0.391 e.